The van der Waals surface area contributed by atoms with E-state index >= 15 is 0 Å². The highest BCUT2D eigenvalue weighted by molar-refractivity contribution is 6.30. The molecule has 0 amide bonds. The number of fused-ring (bicyclic) bond motifs is 1. The van der Waals surface area contributed by atoms with Gasteiger partial charge in [0.25, 0.3) is 0 Å². The monoisotopic (exact) mass is 271 g/mol. The Morgan fingerprint density at radius 3 is 2.68 bits per heavy atom. The third-order valence-corrected chi connectivity index (χ3v) is 4.10. The van der Waals surface area contributed by atoms with E-state index in [-0.39, 0.29) is 0 Å². The number of benzene rings is 2. The van der Waals surface area contributed by atoms with E-state index in [9.17, 15) is 0 Å². The Balaban J connectivity index is 1.69. The van der Waals surface area contributed by atoms with Crippen LogP contribution in [-0.2, 0) is 12.8 Å². The largest absolute Gasteiger partial charge is 0.310 e. The second kappa shape index (κ2) is 5.77. The van der Waals surface area contributed by atoms with Gasteiger partial charge in [-0.15, -0.1) is 0 Å². The van der Waals surface area contributed by atoms with Crippen molar-refractivity contribution in [2.45, 2.75) is 25.3 Å². The second-order valence-electron chi connectivity index (χ2n) is 5.12. The minimum Gasteiger partial charge on any atom is -0.310 e. The molecule has 2 aromatic rings. The van der Waals surface area contributed by atoms with E-state index in [1.807, 2.05) is 12.1 Å². The molecule has 0 bridgehead atoms. The van der Waals surface area contributed by atoms with Gasteiger partial charge in [0.1, 0.15) is 0 Å². The average molecular weight is 272 g/mol. The fourth-order valence-corrected chi connectivity index (χ4v) is 2.94. The van der Waals surface area contributed by atoms with Crippen molar-refractivity contribution in [1.29, 1.82) is 0 Å². The van der Waals surface area contributed by atoms with Gasteiger partial charge in [-0.3, -0.25) is 0 Å². The van der Waals surface area contributed by atoms with E-state index in [0.717, 1.165) is 30.8 Å². The summed E-state index contributed by atoms with van der Waals surface area (Å²) in [5, 5.41) is 4.44. The highest BCUT2D eigenvalue weighted by Crippen LogP contribution is 2.26. The summed E-state index contributed by atoms with van der Waals surface area (Å²) in [6.07, 6.45) is 3.37. The van der Waals surface area contributed by atoms with Gasteiger partial charge in [0.15, 0.2) is 0 Å². The van der Waals surface area contributed by atoms with E-state index in [0.29, 0.717) is 6.04 Å². The Morgan fingerprint density at radius 1 is 1.05 bits per heavy atom. The van der Waals surface area contributed by atoms with Crippen molar-refractivity contribution in [3.8, 4) is 0 Å². The van der Waals surface area contributed by atoms with Crippen LogP contribution in [0.25, 0.3) is 0 Å². The summed E-state index contributed by atoms with van der Waals surface area (Å²) < 4.78 is 0. The zero-order valence-electron chi connectivity index (χ0n) is 10.9. The summed E-state index contributed by atoms with van der Waals surface area (Å²) in [6, 6.07) is 17.5. The average Bonchev–Trinajstić information content (AvgIpc) is 2.47. The molecule has 1 N–H and O–H groups in total. The fraction of sp³-hybridized carbons (Fsp3) is 0.294. The van der Waals surface area contributed by atoms with Crippen LogP contribution in [0.4, 0.5) is 0 Å². The molecule has 0 saturated carbocycles. The minimum atomic E-state index is 0.487. The molecule has 1 nitrogen and oxygen atoms in total. The molecule has 19 heavy (non-hydrogen) atoms. The van der Waals surface area contributed by atoms with Gasteiger partial charge in [-0.1, -0.05) is 48.0 Å². The van der Waals surface area contributed by atoms with Gasteiger partial charge >= 0.3 is 0 Å². The predicted octanol–water partition coefficient (Wildman–Crippen LogP) is 4.16. The third-order valence-electron chi connectivity index (χ3n) is 3.85. The zero-order valence-corrected chi connectivity index (χ0v) is 11.7. The number of rotatable bonds is 3. The van der Waals surface area contributed by atoms with E-state index in [1.165, 1.54) is 16.7 Å². The number of halogens is 1. The Labute approximate surface area is 119 Å². The van der Waals surface area contributed by atoms with Crippen LogP contribution >= 0.6 is 11.6 Å². The van der Waals surface area contributed by atoms with Crippen molar-refractivity contribution < 1.29 is 0 Å². The van der Waals surface area contributed by atoms with Crippen LogP contribution in [0.1, 0.15) is 29.2 Å². The van der Waals surface area contributed by atoms with Crippen molar-refractivity contribution in [2.75, 3.05) is 6.54 Å². The molecular formula is C17H18ClN. The summed E-state index contributed by atoms with van der Waals surface area (Å²) in [6.45, 7) is 1.09. The molecule has 98 valence electrons. The van der Waals surface area contributed by atoms with Gasteiger partial charge in [-0.25, -0.2) is 0 Å². The van der Waals surface area contributed by atoms with Gasteiger partial charge in [-0.05, 0) is 54.6 Å². The van der Waals surface area contributed by atoms with Crippen molar-refractivity contribution >= 4 is 11.6 Å². The van der Waals surface area contributed by atoms with Crippen LogP contribution in [0.3, 0.4) is 0 Å². The van der Waals surface area contributed by atoms with Crippen molar-refractivity contribution in [3.05, 3.63) is 70.2 Å². The molecule has 1 aliphatic rings. The van der Waals surface area contributed by atoms with Crippen LogP contribution < -0.4 is 5.32 Å². The van der Waals surface area contributed by atoms with E-state index in [1.54, 1.807) is 0 Å². The summed E-state index contributed by atoms with van der Waals surface area (Å²) in [5.74, 6) is 0. The number of nitrogens with one attached hydrogen (secondary N) is 1. The lowest BCUT2D eigenvalue weighted by molar-refractivity contribution is 0.475. The topological polar surface area (TPSA) is 12.0 Å². The SMILES string of the molecule is Clc1ccc(CCC2NCCc3ccccc32)cc1. The molecule has 1 atom stereocenters. The Hall–Kier alpha value is -1.31. The summed E-state index contributed by atoms with van der Waals surface area (Å²) in [7, 11) is 0. The standard InChI is InChI=1S/C17H18ClN/c18-15-8-5-13(6-9-15)7-10-17-16-4-2-1-3-14(16)11-12-19-17/h1-6,8-9,17,19H,7,10-12H2. The first-order valence-corrected chi connectivity index (χ1v) is 7.26. The van der Waals surface area contributed by atoms with Gasteiger partial charge in [0.05, 0.1) is 0 Å². The van der Waals surface area contributed by atoms with E-state index < -0.39 is 0 Å². The maximum atomic E-state index is 5.92. The number of hydrogen-bond acceptors (Lipinski definition) is 1. The number of aryl methyl sites for hydroxylation is 1. The van der Waals surface area contributed by atoms with Gasteiger partial charge in [0.2, 0.25) is 0 Å². The molecule has 1 heterocycles. The molecule has 0 radical (unpaired) electrons. The van der Waals surface area contributed by atoms with E-state index in [4.69, 9.17) is 11.6 Å². The van der Waals surface area contributed by atoms with Crippen LogP contribution in [0.5, 0.6) is 0 Å². The Bertz CT molecular complexity index is 547. The summed E-state index contributed by atoms with van der Waals surface area (Å²) >= 11 is 5.92. The molecular weight excluding hydrogens is 254 g/mol. The molecule has 0 saturated heterocycles. The van der Waals surface area contributed by atoms with Crippen LogP contribution in [0.15, 0.2) is 48.5 Å². The smallest absolute Gasteiger partial charge is 0.0406 e. The maximum Gasteiger partial charge on any atom is 0.0406 e. The fourth-order valence-electron chi connectivity index (χ4n) is 2.81. The lowest BCUT2D eigenvalue weighted by Crippen LogP contribution is -2.30. The zero-order chi connectivity index (χ0) is 13.1. The maximum absolute atomic E-state index is 5.92. The van der Waals surface area contributed by atoms with Gasteiger partial charge < -0.3 is 5.32 Å². The lowest BCUT2D eigenvalue weighted by atomic mass is 9.91. The van der Waals surface area contributed by atoms with Crippen LogP contribution in [-0.4, -0.2) is 6.54 Å². The summed E-state index contributed by atoms with van der Waals surface area (Å²) in [5.41, 5.74) is 4.33. The van der Waals surface area contributed by atoms with Gasteiger partial charge in [-0.2, -0.15) is 0 Å². The molecule has 0 aromatic heterocycles. The Morgan fingerprint density at radius 2 is 1.84 bits per heavy atom. The Kier molecular flexibility index (Phi) is 3.86. The molecule has 1 unspecified atom stereocenters. The first-order valence-electron chi connectivity index (χ1n) is 6.88. The molecule has 0 fully saturated rings. The first kappa shape index (κ1) is 12.7. The normalized spacial score (nSPS) is 18.1. The van der Waals surface area contributed by atoms with Crippen molar-refractivity contribution in [2.24, 2.45) is 0 Å². The molecule has 0 aliphatic carbocycles. The van der Waals surface area contributed by atoms with Crippen molar-refractivity contribution in [1.82, 2.24) is 5.32 Å². The third kappa shape index (κ3) is 2.99. The first-order chi connectivity index (χ1) is 9.33. The molecule has 1 aliphatic heterocycles. The highest BCUT2D eigenvalue weighted by Gasteiger charge is 2.18. The quantitative estimate of drug-likeness (QED) is 0.884. The lowest BCUT2D eigenvalue weighted by Gasteiger charge is -2.27. The van der Waals surface area contributed by atoms with Crippen LogP contribution in [0.2, 0.25) is 5.02 Å². The molecule has 0 spiro atoms. The minimum absolute atomic E-state index is 0.487. The molecule has 3 rings (SSSR count). The van der Waals surface area contributed by atoms with Crippen molar-refractivity contribution in [3.63, 3.8) is 0 Å². The highest BCUT2D eigenvalue weighted by atomic mass is 35.5. The van der Waals surface area contributed by atoms with Gasteiger partial charge in [0, 0.05) is 11.1 Å². The predicted molar refractivity (Wildman–Crippen MR) is 80.7 cm³/mol. The molecule has 2 aromatic carbocycles. The van der Waals surface area contributed by atoms with E-state index in [2.05, 4.69) is 41.7 Å². The number of hydrogen-bond donors (Lipinski definition) is 1. The second-order valence-corrected chi connectivity index (χ2v) is 5.56. The summed E-state index contributed by atoms with van der Waals surface area (Å²) in [4.78, 5) is 0. The molecule has 2 heteroatoms. The van der Waals surface area contributed by atoms with Crippen LogP contribution in [0, 0.1) is 0 Å².